The number of ether oxygens (including phenoxy) is 1. The fourth-order valence-corrected chi connectivity index (χ4v) is 1.32. The molecule has 0 aliphatic carbocycles. The summed E-state index contributed by atoms with van der Waals surface area (Å²) in [6.07, 6.45) is 0.219. The van der Waals surface area contributed by atoms with Gasteiger partial charge < -0.3 is 10.5 Å². The van der Waals surface area contributed by atoms with Gasteiger partial charge in [-0.25, -0.2) is 9.18 Å². The van der Waals surface area contributed by atoms with Gasteiger partial charge in [0, 0.05) is 6.42 Å². The number of carbonyl (C=O) groups is 1. The highest BCUT2D eigenvalue weighted by Gasteiger charge is 2.10. The number of hydrogen-bond donors (Lipinski definition) is 1. The molecule has 0 fully saturated rings. The summed E-state index contributed by atoms with van der Waals surface area (Å²) in [5.74, 6) is -0.275. The number of nitrogens with two attached hydrogens (primary N) is 1. The molecule has 0 saturated carbocycles. The number of hydrogen-bond acceptors (Lipinski definition) is 2. The maximum Gasteiger partial charge on any atom is 0.404 e. The zero-order valence-electron chi connectivity index (χ0n) is 8.57. The van der Waals surface area contributed by atoms with Crippen molar-refractivity contribution in [1.29, 1.82) is 0 Å². The van der Waals surface area contributed by atoms with E-state index in [1.807, 2.05) is 6.92 Å². The Hall–Kier alpha value is -1.58. The molecule has 0 heterocycles. The first-order chi connectivity index (χ1) is 7.11. The zero-order chi connectivity index (χ0) is 11.3. The number of benzene rings is 1. The number of carbonyl (C=O) groups excluding carboxylic acids is 1. The summed E-state index contributed by atoms with van der Waals surface area (Å²) >= 11 is 0. The van der Waals surface area contributed by atoms with Crippen LogP contribution in [0.3, 0.4) is 0 Å². The number of primary amides is 1. The fourth-order valence-electron chi connectivity index (χ4n) is 1.32. The Balaban J connectivity index is 2.58. The normalized spacial score (nSPS) is 12.1. The van der Waals surface area contributed by atoms with Crippen LogP contribution in [0.25, 0.3) is 0 Å². The smallest absolute Gasteiger partial charge is 0.404 e. The van der Waals surface area contributed by atoms with E-state index in [1.54, 1.807) is 12.1 Å². The SMILES string of the molecule is CC[C@@H](Cc1ccc(F)cc1)OC(N)=O. The van der Waals surface area contributed by atoms with Gasteiger partial charge in [-0.05, 0) is 24.1 Å². The van der Waals surface area contributed by atoms with Crippen molar-refractivity contribution in [2.45, 2.75) is 25.9 Å². The number of amides is 1. The molecule has 1 rings (SSSR count). The van der Waals surface area contributed by atoms with Gasteiger partial charge in [-0.1, -0.05) is 19.1 Å². The zero-order valence-corrected chi connectivity index (χ0v) is 8.57. The van der Waals surface area contributed by atoms with Crippen molar-refractivity contribution < 1.29 is 13.9 Å². The van der Waals surface area contributed by atoms with Crippen molar-refractivity contribution in [2.75, 3.05) is 0 Å². The highest BCUT2D eigenvalue weighted by molar-refractivity contribution is 5.64. The largest absolute Gasteiger partial charge is 0.446 e. The van der Waals surface area contributed by atoms with E-state index >= 15 is 0 Å². The standard InChI is InChI=1S/C11H14FNO2/c1-2-10(15-11(13)14)7-8-3-5-9(12)6-4-8/h3-6,10H,2,7H2,1H3,(H2,13,14)/t10-/m0/s1. The predicted octanol–water partition coefficient (Wildman–Crippen LogP) is 2.24. The Bertz CT molecular complexity index is 324. The Morgan fingerprint density at radius 3 is 2.53 bits per heavy atom. The average Bonchev–Trinajstić information content (AvgIpc) is 2.19. The van der Waals surface area contributed by atoms with Gasteiger partial charge in [-0.3, -0.25) is 0 Å². The molecule has 4 heteroatoms. The minimum absolute atomic E-state index is 0.243. The topological polar surface area (TPSA) is 52.3 Å². The maximum absolute atomic E-state index is 12.6. The van der Waals surface area contributed by atoms with E-state index in [1.165, 1.54) is 12.1 Å². The molecule has 15 heavy (non-hydrogen) atoms. The Kier molecular flexibility index (Phi) is 4.09. The molecular formula is C11H14FNO2. The molecule has 2 N–H and O–H groups in total. The Morgan fingerprint density at radius 1 is 1.47 bits per heavy atom. The van der Waals surface area contributed by atoms with Gasteiger partial charge in [0.2, 0.25) is 0 Å². The summed E-state index contributed by atoms with van der Waals surface area (Å²) < 4.78 is 17.5. The van der Waals surface area contributed by atoms with E-state index in [9.17, 15) is 9.18 Å². The van der Waals surface area contributed by atoms with Crippen molar-refractivity contribution in [3.05, 3.63) is 35.6 Å². The van der Waals surface area contributed by atoms with Crippen molar-refractivity contribution >= 4 is 6.09 Å². The molecule has 0 unspecified atom stereocenters. The highest BCUT2D eigenvalue weighted by Crippen LogP contribution is 2.10. The summed E-state index contributed by atoms with van der Waals surface area (Å²) in [5, 5.41) is 0. The minimum Gasteiger partial charge on any atom is -0.446 e. The average molecular weight is 211 g/mol. The highest BCUT2D eigenvalue weighted by atomic mass is 19.1. The van der Waals surface area contributed by atoms with Gasteiger partial charge in [0.05, 0.1) is 0 Å². The summed E-state index contributed by atoms with van der Waals surface area (Å²) in [7, 11) is 0. The molecule has 82 valence electrons. The maximum atomic E-state index is 12.6. The quantitative estimate of drug-likeness (QED) is 0.830. The van der Waals surface area contributed by atoms with Crippen LogP contribution in [0.5, 0.6) is 0 Å². The van der Waals surface area contributed by atoms with Crippen molar-refractivity contribution in [1.82, 2.24) is 0 Å². The molecule has 0 radical (unpaired) electrons. The van der Waals surface area contributed by atoms with Crippen LogP contribution in [-0.2, 0) is 11.2 Å². The van der Waals surface area contributed by atoms with Crippen LogP contribution in [0, 0.1) is 5.82 Å². The lowest BCUT2D eigenvalue weighted by molar-refractivity contribution is 0.104. The third-order valence-corrected chi connectivity index (χ3v) is 2.11. The van der Waals surface area contributed by atoms with Gasteiger partial charge in [0.15, 0.2) is 0 Å². The predicted molar refractivity (Wildman–Crippen MR) is 54.9 cm³/mol. The second kappa shape index (κ2) is 5.34. The molecular weight excluding hydrogens is 197 g/mol. The molecule has 0 saturated heterocycles. The van der Waals surface area contributed by atoms with E-state index in [0.717, 1.165) is 5.56 Å². The van der Waals surface area contributed by atoms with Crippen LogP contribution in [-0.4, -0.2) is 12.2 Å². The number of rotatable bonds is 4. The molecule has 1 amide bonds. The molecule has 3 nitrogen and oxygen atoms in total. The summed E-state index contributed by atoms with van der Waals surface area (Å²) in [5.41, 5.74) is 5.85. The van der Waals surface area contributed by atoms with Gasteiger partial charge >= 0.3 is 6.09 Å². The Labute approximate surface area is 88.0 Å². The van der Waals surface area contributed by atoms with Crippen LogP contribution in [0.2, 0.25) is 0 Å². The van der Waals surface area contributed by atoms with Crippen LogP contribution in [0.1, 0.15) is 18.9 Å². The van der Waals surface area contributed by atoms with E-state index in [0.29, 0.717) is 12.8 Å². The first-order valence-electron chi connectivity index (χ1n) is 4.82. The van der Waals surface area contributed by atoms with Gasteiger partial charge in [-0.2, -0.15) is 0 Å². The monoisotopic (exact) mass is 211 g/mol. The van der Waals surface area contributed by atoms with Crippen LogP contribution in [0.15, 0.2) is 24.3 Å². The molecule has 0 spiro atoms. The summed E-state index contributed by atoms with van der Waals surface area (Å²) in [6, 6.07) is 6.10. The van der Waals surface area contributed by atoms with Crippen LogP contribution in [0.4, 0.5) is 9.18 Å². The fraction of sp³-hybridized carbons (Fsp3) is 0.364. The van der Waals surface area contributed by atoms with E-state index in [4.69, 9.17) is 10.5 Å². The third kappa shape index (κ3) is 3.97. The van der Waals surface area contributed by atoms with E-state index in [2.05, 4.69) is 0 Å². The van der Waals surface area contributed by atoms with Crippen LogP contribution < -0.4 is 5.73 Å². The molecule has 1 aromatic rings. The first-order valence-corrected chi connectivity index (χ1v) is 4.82. The second-order valence-electron chi connectivity index (χ2n) is 3.30. The van der Waals surface area contributed by atoms with Gasteiger partial charge in [0.25, 0.3) is 0 Å². The number of halogens is 1. The first kappa shape index (κ1) is 11.5. The van der Waals surface area contributed by atoms with Crippen molar-refractivity contribution in [3.63, 3.8) is 0 Å². The third-order valence-electron chi connectivity index (χ3n) is 2.11. The van der Waals surface area contributed by atoms with Crippen LogP contribution >= 0.6 is 0 Å². The Morgan fingerprint density at radius 2 is 2.07 bits per heavy atom. The summed E-state index contributed by atoms with van der Waals surface area (Å²) in [6.45, 7) is 1.90. The second-order valence-corrected chi connectivity index (χ2v) is 3.30. The lowest BCUT2D eigenvalue weighted by atomic mass is 10.1. The molecule has 0 aromatic heterocycles. The molecule has 1 aromatic carbocycles. The molecule has 0 bridgehead atoms. The van der Waals surface area contributed by atoms with Crippen molar-refractivity contribution in [2.24, 2.45) is 5.73 Å². The lowest BCUT2D eigenvalue weighted by Crippen LogP contribution is -2.23. The van der Waals surface area contributed by atoms with E-state index in [-0.39, 0.29) is 11.9 Å². The van der Waals surface area contributed by atoms with Gasteiger partial charge in [0.1, 0.15) is 11.9 Å². The molecule has 0 aliphatic heterocycles. The minimum atomic E-state index is -0.774. The summed E-state index contributed by atoms with van der Waals surface area (Å²) in [4.78, 5) is 10.6. The molecule has 1 atom stereocenters. The lowest BCUT2D eigenvalue weighted by Gasteiger charge is -2.14. The van der Waals surface area contributed by atoms with Crippen molar-refractivity contribution in [3.8, 4) is 0 Å². The molecule has 0 aliphatic rings. The van der Waals surface area contributed by atoms with E-state index < -0.39 is 6.09 Å². The van der Waals surface area contributed by atoms with Gasteiger partial charge in [-0.15, -0.1) is 0 Å².